The number of nitrogens with two attached hydrogens (primary N) is 1. The first kappa shape index (κ1) is 13.2. The van der Waals surface area contributed by atoms with Gasteiger partial charge in [0.1, 0.15) is 12.4 Å². The molecule has 2 aromatic rings. The number of ether oxygens (including phenoxy) is 1. The van der Waals surface area contributed by atoms with Crippen molar-refractivity contribution < 1.29 is 4.74 Å². The Balaban J connectivity index is 2.06. The highest BCUT2D eigenvalue weighted by atomic mass is 35.5. The fourth-order valence-corrected chi connectivity index (χ4v) is 2.05. The number of halogens is 2. The molecule has 18 heavy (non-hydrogen) atoms. The summed E-state index contributed by atoms with van der Waals surface area (Å²) in [4.78, 5) is 0. The van der Waals surface area contributed by atoms with Crippen molar-refractivity contribution in [1.29, 1.82) is 0 Å². The molecule has 0 aliphatic heterocycles. The van der Waals surface area contributed by atoms with E-state index in [2.05, 4.69) is 0 Å². The lowest BCUT2D eigenvalue weighted by molar-refractivity contribution is 0.306. The molecule has 0 radical (unpaired) electrons. The zero-order valence-corrected chi connectivity index (χ0v) is 11.2. The molecule has 0 aromatic heterocycles. The Morgan fingerprint density at radius 3 is 2.50 bits per heavy atom. The standard InChI is InChI=1S/C14H13Cl2NO/c15-12-3-1-2-11(6-12)9-18-14-5-4-10(8-17)7-13(14)16/h1-7H,8-9,17H2. The van der Waals surface area contributed by atoms with Crippen LogP contribution < -0.4 is 10.5 Å². The van der Waals surface area contributed by atoms with Crippen LogP contribution >= 0.6 is 23.2 Å². The third kappa shape index (κ3) is 3.39. The second-order valence-corrected chi connectivity index (χ2v) is 4.73. The number of benzene rings is 2. The second-order valence-electron chi connectivity index (χ2n) is 3.89. The van der Waals surface area contributed by atoms with Crippen LogP contribution in [0.1, 0.15) is 11.1 Å². The van der Waals surface area contributed by atoms with Crippen molar-refractivity contribution in [3.05, 3.63) is 63.6 Å². The summed E-state index contributed by atoms with van der Waals surface area (Å²) in [5.41, 5.74) is 7.52. The van der Waals surface area contributed by atoms with Gasteiger partial charge in [0.2, 0.25) is 0 Å². The van der Waals surface area contributed by atoms with Gasteiger partial charge in [-0.25, -0.2) is 0 Å². The van der Waals surface area contributed by atoms with E-state index in [0.29, 0.717) is 28.9 Å². The van der Waals surface area contributed by atoms with Gasteiger partial charge in [0, 0.05) is 11.6 Å². The summed E-state index contributed by atoms with van der Waals surface area (Å²) >= 11 is 12.0. The molecule has 0 aliphatic rings. The lowest BCUT2D eigenvalue weighted by atomic mass is 10.2. The molecule has 2 aromatic carbocycles. The molecule has 0 fully saturated rings. The molecule has 2 nitrogen and oxygen atoms in total. The third-order valence-corrected chi connectivity index (χ3v) is 3.05. The van der Waals surface area contributed by atoms with E-state index in [9.17, 15) is 0 Å². The maximum atomic E-state index is 6.10. The van der Waals surface area contributed by atoms with Crippen molar-refractivity contribution in [3.8, 4) is 5.75 Å². The first-order chi connectivity index (χ1) is 8.69. The highest BCUT2D eigenvalue weighted by Gasteiger charge is 2.03. The van der Waals surface area contributed by atoms with Gasteiger partial charge in [-0.1, -0.05) is 41.4 Å². The molecule has 0 bridgehead atoms. The van der Waals surface area contributed by atoms with Crippen molar-refractivity contribution in [3.63, 3.8) is 0 Å². The average molecular weight is 282 g/mol. The van der Waals surface area contributed by atoms with Gasteiger partial charge < -0.3 is 10.5 Å². The topological polar surface area (TPSA) is 35.2 Å². The van der Waals surface area contributed by atoms with E-state index < -0.39 is 0 Å². The van der Waals surface area contributed by atoms with Crippen molar-refractivity contribution in [1.82, 2.24) is 0 Å². The first-order valence-corrected chi connectivity index (χ1v) is 6.30. The molecular formula is C14H13Cl2NO. The van der Waals surface area contributed by atoms with E-state index >= 15 is 0 Å². The summed E-state index contributed by atoms with van der Waals surface area (Å²) in [6.07, 6.45) is 0. The van der Waals surface area contributed by atoms with Gasteiger partial charge in [0.05, 0.1) is 5.02 Å². The van der Waals surface area contributed by atoms with Gasteiger partial charge in [-0.3, -0.25) is 0 Å². The van der Waals surface area contributed by atoms with E-state index in [-0.39, 0.29) is 0 Å². The minimum absolute atomic E-state index is 0.433. The van der Waals surface area contributed by atoms with Crippen LogP contribution in [0.3, 0.4) is 0 Å². The molecule has 0 saturated carbocycles. The van der Waals surface area contributed by atoms with Crippen LogP contribution in [0.25, 0.3) is 0 Å². The summed E-state index contributed by atoms with van der Waals surface area (Å²) in [5.74, 6) is 0.647. The maximum absolute atomic E-state index is 6.10. The largest absolute Gasteiger partial charge is 0.487 e. The Morgan fingerprint density at radius 2 is 1.83 bits per heavy atom. The van der Waals surface area contributed by atoms with Crippen molar-refractivity contribution in [2.45, 2.75) is 13.2 Å². The van der Waals surface area contributed by atoms with Gasteiger partial charge in [-0.15, -0.1) is 0 Å². The number of hydrogen-bond donors (Lipinski definition) is 1. The minimum Gasteiger partial charge on any atom is -0.487 e. The van der Waals surface area contributed by atoms with Crippen LogP contribution in [-0.4, -0.2) is 0 Å². The second kappa shape index (κ2) is 6.10. The molecular weight excluding hydrogens is 269 g/mol. The van der Waals surface area contributed by atoms with Gasteiger partial charge in [0.15, 0.2) is 0 Å². The smallest absolute Gasteiger partial charge is 0.138 e. The molecule has 2 rings (SSSR count). The van der Waals surface area contributed by atoms with Crippen molar-refractivity contribution >= 4 is 23.2 Å². The molecule has 0 amide bonds. The third-order valence-electron chi connectivity index (χ3n) is 2.52. The van der Waals surface area contributed by atoms with Gasteiger partial charge in [-0.2, -0.15) is 0 Å². The fraction of sp³-hybridized carbons (Fsp3) is 0.143. The number of hydrogen-bond acceptors (Lipinski definition) is 2. The van der Waals surface area contributed by atoms with Gasteiger partial charge in [0.25, 0.3) is 0 Å². The molecule has 0 spiro atoms. The summed E-state index contributed by atoms with van der Waals surface area (Å²) in [5, 5.41) is 1.26. The van der Waals surface area contributed by atoms with E-state index in [1.807, 2.05) is 42.5 Å². The van der Waals surface area contributed by atoms with Crippen LogP contribution in [0.2, 0.25) is 10.0 Å². The predicted octanol–water partition coefficient (Wildman–Crippen LogP) is 4.03. The Bertz CT molecular complexity index is 543. The highest BCUT2D eigenvalue weighted by molar-refractivity contribution is 6.32. The summed E-state index contributed by atoms with van der Waals surface area (Å²) in [7, 11) is 0. The average Bonchev–Trinajstić information content (AvgIpc) is 2.37. The fourth-order valence-electron chi connectivity index (χ4n) is 1.58. The van der Waals surface area contributed by atoms with E-state index in [4.69, 9.17) is 33.7 Å². The van der Waals surface area contributed by atoms with Gasteiger partial charge >= 0.3 is 0 Å². The SMILES string of the molecule is NCc1ccc(OCc2cccc(Cl)c2)c(Cl)c1. The van der Waals surface area contributed by atoms with Crippen LogP contribution in [0.4, 0.5) is 0 Å². The minimum atomic E-state index is 0.433. The van der Waals surface area contributed by atoms with E-state index in [1.54, 1.807) is 0 Å². The lowest BCUT2D eigenvalue weighted by Crippen LogP contribution is -1.98. The highest BCUT2D eigenvalue weighted by Crippen LogP contribution is 2.26. The molecule has 0 unspecified atom stereocenters. The molecule has 0 atom stereocenters. The molecule has 0 heterocycles. The predicted molar refractivity (Wildman–Crippen MR) is 75.1 cm³/mol. The zero-order chi connectivity index (χ0) is 13.0. The molecule has 0 saturated heterocycles. The Kier molecular flexibility index (Phi) is 4.48. The summed E-state index contributed by atoms with van der Waals surface area (Å²) in [6, 6.07) is 13.1. The Labute approximate surface area is 116 Å². The van der Waals surface area contributed by atoms with E-state index in [1.165, 1.54) is 0 Å². The van der Waals surface area contributed by atoms with Crippen molar-refractivity contribution in [2.75, 3.05) is 0 Å². The Hall–Kier alpha value is -1.22. The van der Waals surface area contributed by atoms with E-state index in [0.717, 1.165) is 11.1 Å². The molecule has 0 aliphatic carbocycles. The monoisotopic (exact) mass is 281 g/mol. The molecule has 2 N–H and O–H groups in total. The van der Waals surface area contributed by atoms with Gasteiger partial charge in [-0.05, 0) is 35.4 Å². The zero-order valence-electron chi connectivity index (χ0n) is 9.70. The maximum Gasteiger partial charge on any atom is 0.138 e. The lowest BCUT2D eigenvalue weighted by Gasteiger charge is -2.09. The Morgan fingerprint density at radius 1 is 1.00 bits per heavy atom. The molecule has 94 valence electrons. The van der Waals surface area contributed by atoms with Crippen LogP contribution in [0, 0.1) is 0 Å². The quantitative estimate of drug-likeness (QED) is 0.918. The summed E-state index contributed by atoms with van der Waals surface area (Å²) < 4.78 is 5.65. The van der Waals surface area contributed by atoms with Crippen LogP contribution in [-0.2, 0) is 13.2 Å². The summed E-state index contributed by atoms with van der Waals surface area (Å²) in [6.45, 7) is 0.899. The van der Waals surface area contributed by atoms with Crippen molar-refractivity contribution in [2.24, 2.45) is 5.73 Å². The normalized spacial score (nSPS) is 10.4. The first-order valence-electron chi connectivity index (χ1n) is 5.55. The molecule has 4 heteroatoms. The number of rotatable bonds is 4. The van der Waals surface area contributed by atoms with Crippen LogP contribution in [0.5, 0.6) is 5.75 Å². The van der Waals surface area contributed by atoms with Crippen LogP contribution in [0.15, 0.2) is 42.5 Å².